The van der Waals surface area contributed by atoms with Gasteiger partial charge in [0, 0.05) is 22.6 Å². The first-order chi connectivity index (χ1) is 14.3. The molecule has 0 bridgehead atoms. The number of fused-ring (bicyclic) bond motifs is 1. The zero-order chi connectivity index (χ0) is 19.6. The van der Waals surface area contributed by atoms with Gasteiger partial charge in [0.05, 0.1) is 18.2 Å². The summed E-state index contributed by atoms with van der Waals surface area (Å²) in [7, 11) is 0. The Kier molecular flexibility index (Phi) is 5.49. The molecule has 1 aliphatic heterocycles. The maximum atomic E-state index is 6.60. The predicted molar refractivity (Wildman–Crippen MR) is 115 cm³/mol. The van der Waals surface area contributed by atoms with Gasteiger partial charge in [0.25, 0.3) is 0 Å². The van der Waals surface area contributed by atoms with Crippen molar-refractivity contribution in [1.82, 2.24) is 14.9 Å². The zero-order valence-corrected chi connectivity index (χ0v) is 17.2. The number of rotatable bonds is 5. The molecule has 2 heterocycles. The fraction of sp³-hybridized carbons (Fsp3) is 0.417. The van der Waals surface area contributed by atoms with Crippen molar-refractivity contribution in [3.63, 3.8) is 0 Å². The van der Waals surface area contributed by atoms with E-state index in [1.54, 1.807) is 6.20 Å². The van der Waals surface area contributed by atoms with Gasteiger partial charge in [0.1, 0.15) is 0 Å². The minimum absolute atomic E-state index is 0.364. The molecule has 0 N–H and O–H groups in total. The van der Waals surface area contributed by atoms with Crippen LogP contribution in [-0.2, 0) is 11.3 Å². The Hall–Kier alpha value is -2.01. The van der Waals surface area contributed by atoms with Gasteiger partial charge in [-0.25, -0.2) is 9.97 Å². The largest absolute Gasteiger partial charge is 0.372 e. The van der Waals surface area contributed by atoms with Gasteiger partial charge in [0.15, 0.2) is 6.33 Å². The zero-order valence-electron chi connectivity index (χ0n) is 16.4. The Bertz CT molecular complexity index is 972. The number of hydrogen-bond donors (Lipinski definition) is 0. The highest BCUT2D eigenvalue weighted by molar-refractivity contribution is 6.32. The van der Waals surface area contributed by atoms with E-state index in [1.807, 2.05) is 12.1 Å². The highest BCUT2D eigenvalue weighted by atomic mass is 35.5. The lowest BCUT2D eigenvalue weighted by Gasteiger charge is -2.46. The van der Waals surface area contributed by atoms with E-state index in [4.69, 9.17) is 16.3 Å². The van der Waals surface area contributed by atoms with Crippen LogP contribution in [0.15, 0.2) is 48.7 Å². The first kappa shape index (κ1) is 19.0. The lowest BCUT2D eigenvalue weighted by atomic mass is 9.83. The molecule has 2 aliphatic rings. The molecule has 1 aromatic heterocycles. The lowest BCUT2D eigenvalue weighted by Crippen LogP contribution is -2.53. The Morgan fingerprint density at radius 3 is 2.66 bits per heavy atom. The van der Waals surface area contributed by atoms with E-state index in [0.29, 0.717) is 24.7 Å². The van der Waals surface area contributed by atoms with Crippen LogP contribution in [0.4, 0.5) is 0 Å². The third-order valence-corrected chi connectivity index (χ3v) is 6.83. The molecule has 5 heteroatoms. The quantitative estimate of drug-likeness (QED) is 0.597. The molecular formula is C24H25ClN3O. The molecule has 1 aliphatic carbocycles. The first-order valence-corrected chi connectivity index (χ1v) is 10.9. The summed E-state index contributed by atoms with van der Waals surface area (Å²) in [5.41, 5.74) is 3.40. The van der Waals surface area contributed by atoms with E-state index in [2.05, 4.69) is 51.5 Å². The average Bonchev–Trinajstić information content (AvgIpc) is 2.74. The monoisotopic (exact) mass is 406 g/mol. The van der Waals surface area contributed by atoms with Crippen LogP contribution in [0.1, 0.15) is 42.7 Å². The highest BCUT2D eigenvalue weighted by Crippen LogP contribution is 2.38. The number of aromatic nitrogens is 2. The molecule has 2 aromatic carbocycles. The molecule has 3 aromatic rings. The number of likely N-dealkylation sites (tertiary alicyclic amines) is 1. The summed E-state index contributed by atoms with van der Waals surface area (Å²) < 4.78 is 6.23. The first-order valence-electron chi connectivity index (χ1n) is 10.5. The van der Waals surface area contributed by atoms with Gasteiger partial charge in [-0.15, -0.1) is 0 Å². The molecule has 2 atom stereocenters. The van der Waals surface area contributed by atoms with Crippen molar-refractivity contribution >= 4 is 22.5 Å². The summed E-state index contributed by atoms with van der Waals surface area (Å²) in [6.45, 7) is 2.92. The molecule has 2 unspecified atom stereocenters. The SMILES string of the molecule is Clc1cc2cn[c]nc2cc1C1CCN(C2CCC2OCc2ccccc2)CC1. The van der Waals surface area contributed by atoms with Crippen molar-refractivity contribution in [2.45, 2.75) is 50.4 Å². The highest BCUT2D eigenvalue weighted by Gasteiger charge is 2.38. The van der Waals surface area contributed by atoms with Crippen LogP contribution in [-0.4, -0.2) is 40.1 Å². The molecule has 5 rings (SSSR count). The summed E-state index contributed by atoms with van der Waals surface area (Å²) >= 11 is 6.60. The molecule has 0 amide bonds. The summed E-state index contributed by atoms with van der Waals surface area (Å²) in [4.78, 5) is 10.9. The molecule has 2 fully saturated rings. The molecular weight excluding hydrogens is 382 g/mol. The summed E-state index contributed by atoms with van der Waals surface area (Å²) in [5, 5.41) is 1.81. The van der Waals surface area contributed by atoms with Gasteiger partial charge >= 0.3 is 0 Å². The van der Waals surface area contributed by atoms with Gasteiger partial charge in [-0.3, -0.25) is 4.90 Å². The molecule has 0 spiro atoms. The molecule has 149 valence electrons. The Labute approximate surface area is 176 Å². The molecule has 1 saturated carbocycles. The Morgan fingerprint density at radius 2 is 1.90 bits per heavy atom. The van der Waals surface area contributed by atoms with Crippen molar-refractivity contribution in [2.24, 2.45) is 0 Å². The minimum atomic E-state index is 0.364. The van der Waals surface area contributed by atoms with Gasteiger partial charge in [0.2, 0.25) is 0 Å². The molecule has 29 heavy (non-hydrogen) atoms. The van der Waals surface area contributed by atoms with Crippen molar-refractivity contribution in [3.8, 4) is 0 Å². The molecule has 1 radical (unpaired) electrons. The van der Waals surface area contributed by atoms with Crippen molar-refractivity contribution in [1.29, 1.82) is 0 Å². The number of hydrogen-bond acceptors (Lipinski definition) is 4. The third-order valence-electron chi connectivity index (χ3n) is 6.50. The number of nitrogens with zero attached hydrogens (tertiary/aromatic N) is 3. The van der Waals surface area contributed by atoms with Crippen LogP contribution in [0.5, 0.6) is 0 Å². The number of benzene rings is 2. The number of ether oxygens (including phenoxy) is 1. The second-order valence-electron chi connectivity index (χ2n) is 8.19. The standard InChI is InChI=1S/C24H25ClN3O/c25-21-12-19-14-26-16-27-22(19)13-20(21)18-8-10-28(11-9-18)23-6-7-24(23)29-15-17-4-2-1-3-5-17/h1-5,12-14,18,23-24H,6-11,15H2. The normalized spacial score (nSPS) is 23.2. The summed E-state index contributed by atoms with van der Waals surface area (Å²) in [6, 6.07) is 15.1. The van der Waals surface area contributed by atoms with Crippen LogP contribution >= 0.6 is 11.6 Å². The van der Waals surface area contributed by atoms with E-state index in [-0.39, 0.29) is 0 Å². The fourth-order valence-corrected chi connectivity index (χ4v) is 5.00. The maximum absolute atomic E-state index is 6.60. The van der Waals surface area contributed by atoms with Crippen molar-refractivity contribution in [2.75, 3.05) is 13.1 Å². The van der Waals surface area contributed by atoms with Crippen molar-refractivity contribution < 1.29 is 4.74 Å². The number of piperidine rings is 1. The second-order valence-corrected chi connectivity index (χ2v) is 8.60. The third kappa shape index (κ3) is 4.02. The minimum Gasteiger partial charge on any atom is -0.372 e. The fourth-order valence-electron chi connectivity index (χ4n) is 4.67. The Morgan fingerprint density at radius 1 is 1.07 bits per heavy atom. The van der Waals surface area contributed by atoms with Crippen LogP contribution in [0.25, 0.3) is 10.9 Å². The summed E-state index contributed by atoms with van der Waals surface area (Å²) in [5.74, 6) is 0.488. The smallest absolute Gasteiger partial charge is 0.198 e. The van der Waals surface area contributed by atoms with E-state index in [9.17, 15) is 0 Å². The van der Waals surface area contributed by atoms with Gasteiger partial charge in [-0.05, 0) is 68.0 Å². The van der Waals surface area contributed by atoms with Crippen LogP contribution in [0, 0.1) is 6.33 Å². The Balaban J connectivity index is 1.19. The van der Waals surface area contributed by atoms with E-state index < -0.39 is 0 Å². The average molecular weight is 407 g/mol. The summed E-state index contributed by atoms with van der Waals surface area (Å²) in [6.07, 6.45) is 9.49. The van der Waals surface area contributed by atoms with Crippen molar-refractivity contribution in [3.05, 3.63) is 71.1 Å². The van der Waals surface area contributed by atoms with Crippen LogP contribution in [0.2, 0.25) is 5.02 Å². The van der Waals surface area contributed by atoms with Crippen LogP contribution < -0.4 is 0 Å². The maximum Gasteiger partial charge on any atom is 0.198 e. The number of halogens is 1. The van der Waals surface area contributed by atoms with E-state index >= 15 is 0 Å². The second kappa shape index (κ2) is 8.39. The predicted octanol–water partition coefficient (Wildman–Crippen LogP) is 5.01. The lowest BCUT2D eigenvalue weighted by molar-refractivity contribution is -0.0839. The molecule has 1 saturated heterocycles. The van der Waals surface area contributed by atoms with Gasteiger partial charge in [-0.1, -0.05) is 41.9 Å². The van der Waals surface area contributed by atoms with Crippen LogP contribution in [0.3, 0.4) is 0 Å². The van der Waals surface area contributed by atoms with E-state index in [0.717, 1.165) is 41.9 Å². The van der Waals surface area contributed by atoms with Gasteiger partial charge in [-0.2, -0.15) is 0 Å². The molecule has 4 nitrogen and oxygen atoms in total. The van der Waals surface area contributed by atoms with E-state index in [1.165, 1.54) is 24.0 Å². The van der Waals surface area contributed by atoms with Gasteiger partial charge < -0.3 is 4.74 Å². The topological polar surface area (TPSA) is 38.2 Å².